The lowest BCUT2D eigenvalue weighted by molar-refractivity contribution is 1.15. The Morgan fingerprint density at radius 1 is 0.229 bits per heavy atom. The monoisotopic (exact) mass is 1050 g/mol. The molecule has 384 valence electrons. The Morgan fingerprint density at radius 2 is 0.651 bits per heavy atom. The molecule has 0 unspecified atom stereocenters. The summed E-state index contributed by atoms with van der Waals surface area (Å²) in [6.07, 6.45) is 0. The molecule has 18 rings (SSSR count). The lowest BCUT2D eigenvalue weighted by atomic mass is 9.33. The number of benzene rings is 13. The lowest BCUT2D eigenvalue weighted by Gasteiger charge is -2.45. The van der Waals surface area contributed by atoms with E-state index in [-0.39, 0.29) is 6.71 Å². The third-order valence-corrected chi connectivity index (χ3v) is 18.0. The molecule has 4 nitrogen and oxygen atoms in total. The van der Waals surface area contributed by atoms with E-state index in [1.807, 2.05) is 0 Å². The summed E-state index contributed by atoms with van der Waals surface area (Å²) in [5.41, 5.74) is 29.6. The Hall–Kier alpha value is -10.9. The van der Waals surface area contributed by atoms with Crippen LogP contribution >= 0.6 is 0 Å². The summed E-state index contributed by atoms with van der Waals surface area (Å²) in [4.78, 5) is 5.25. The van der Waals surface area contributed by atoms with Crippen LogP contribution in [0, 0.1) is 0 Å². The molecular weight excluding hydrogens is 1000 g/mol. The Bertz CT molecular complexity index is 5050. The van der Waals surface area contributed by atoms with E-state index < -0.39 is 0 Å². The Balaban J connectivity index is 1.00. The number of rotatable bonds is 6. The minimum Gasteiger partial charge on any atom is -0.311 e. The fraction of sp³-hybridized carbons (Fsp3) is 0. The molecule has 0 N–H and O–H groups in total. The van der Waals surface area contributed by atoms with Gasteiger partial charge in [-0.15, -0.1) is 0 Å². The average Bonchev–Trinajstić information content (AvgIpc) is 4.00. The van der Waals surface area contributed by atoms with Crippen LogP contribution in [-0.2, 0) is 0 Å². The van der Waals surface area contributed by atoms with E-state index >= 15 is 0 Å². The zero-order valence-corrected chi connectivity index (χ0v) is 45.2. The number of hydrogen-bond acceptors (Lipinski definition) is 2. The van der Waals surface area contributed by atoms with Crippen LogP contribution in [0.4, 0.5) is 34.1 Å². The zero-order valence-electron chi connectivity index (χ0n) is 45.2. The van der Waals surface area contributed by atoms with Gasteiger partial charge in [0, 0.05) is 66.8 Å². The Morgan fingerprint density at radius 3 is 1.23 bits per heavy atom. The van der Waals surface area contributed by atoms with Crippen LogP contribution < -0.4 is 26.2 Å². The molecule has 3 aliphatic heterocycles. The lowest BCUT2D eigenvalue weighted by Crippen LogP contribution is -2.61. The molecule has 0 saturated heterocycles. The van der Waals surface area contributed by atoms with Crippen molar-refractivity contribution in [2.45, 2.75) is 0 Å². The molecule has 0 amide bonds. The second-order valence-electron chi connectivity index (χ2n) is 22.4. The van der Waals surface area contributed by atoms with Gasteiger partial charge in [-0.3, -0.25) is 0 Å². The van der Waals surface area contributed by atoms with Crippen LogP contribution in [-0.4, -0.2) is 15.8 Å². The first-order valence-electron chi connectivity index (χ1n) is 28.8. The number of anilines is 6. The van der Waals surface area contributed by atoms with Gasteiger partial charge in [0.25, 0.3) is 6.71 Å². The number of para-hydroxylation sites is 4. The normalized spacial score (nSPS) is 12.7. The highest BCUT2D eigenvalue weighted by Crippen LogP contribution is 2.55. The van der Waals surface area contributed by atoms with E-state index in [4.69, 9.17) is 0 Å². The summed E-state index contributed by atoms with van der Waals surface area (Å²) >= 11 is 0. The van der Waals surface area contributed by atoms with Gasteiger partial charge >= 0.3 is 0 Å². The van der Waals surface area contributed by atoms with Crippen molar-refractivity contribution in [3.05, 3.63) is 297 Å². The number of fused-ring (bicyclic) bond motifs is 15. The average molecular weight is 1050 g/mol. The van der Waals surface area contributed by atoms with E-state index in [1.165, 1.54) is 121 Å². The van der Waals surface area contributed by atoms with Crippen molar-refractivity contribution in [1.29, 1.82) is 0 Å². The Kier molecular flexibility index (Phi) is 9.86. The van der Waals surface area contributed by atoms with Gasteiger partial charge < -0.3 is 18.9 Å². The first-order chi connectivity index (χ1) is 41.2. The second-order valence-corrected chi connectivity index (χ2v) is 22.4. The van der Waals surface area contributed by atoms with Crippen LogP contribution in [0.5, 0.6) is 0 Å². The Labute approximate surface area is 481 Å². The van der Waals surface area contributed by atoms with Crippen LogP contribution in [0.2, 0.25) is 0 Å². The summed E-state index contributed by atoms with van der Waals surface area (Å²) in [6, 6.07) is 111. The molecule has 5 heteroatoms. The fourth-order valence-electron chi connectivity index (χ4n) is 14.4. The highest BCUT2D eigenvalue weighted by molar-refractivity contribution is 7.00. The van der Waals surface area contributed by atoms with Gasteiger partial charge in [0.2, 0.25) is 0 Å². The third kappa shape index (κ3) is 6.77. The standard InChI is InChI=1S/C78H49BN4/c1-4-20-50(21-5-1)53-36-39-56(40-37-53)80-74-47-57(81-69-32-16-12-28-61(69)62-29-13-17-33-70(62)81)41-42-67(74)79-68-46-55(52-24-8-3-9-25-52)45-66-60-27-11-10-26-59(60)65-44-54(51-22-6-2-7-23-51)38-43-73(65)83(78(66)68)76-49-58(48-75(80)77(76)79)82-71-34-18-14-30-63(71)64-31-15-19-35-72(64)82/h1-49H. The maximum absolute atomic E-state index is 2.66. The number of hydrogen-bond donors (Lipinski definition) is 0. The van der Waals surface area contributed by atoms with Gasteiger partial charge in [0.05, 0.1) is 33.4 Å². The van der Waals surface area contributed by atoms with E-state index in [0.717, 1.165) is 39.8 Å². The quantitative estimate of drug-likeness (QED) is 0.154. The van der Waals surface area contributed by atoms with E-state index in [1.54, 1.807) is 0 Å². The molecule has 2 aromatic heterocycles. The smallest absolute Gasteiger partial charge is 0.252 e. The van der Waals surface area contributed by atoms with Gasteiger partial charge in [-0.1, -0.05) is 218 Å². The minimum absolute atomic E-state index is 0.166. The van der Waals surface area contributed by atoms with Gasteiger partial charge in [0.15, 0.2) is 0 Å². The van der Waals surface area contributed by atoms with Crippen LogP contribution in [0.15, 0.2) is 297 Å². The molecule has 13 aromatic carbocycles. The molecule has 15 aromatic rings. The van der Waals surface area contributed by atoms with Crippen LogP contribution in [0.1, 0.15) is 0 Å². The van der Waals surface area contributed by atoms with E-state index in [9.17, 15) is 0 Å². The first-order valence-corrected chi connectivity index (χ1v) is 28.8. The predicted molar refractivity (Wildman–Crippen MR) is 350 cm³/mol. The van der Waals surface area contributed by atoms with Crippen molar-refractivity contribution >= 4 is 101 Å². The van der Waals surface area contributed by atoms with Gasteiger partial charge in [-0.25, -0.2) is 0 Å². The largest absolute Gasteiger partial charge is 0.311 e. The van der Waals surface area contributed by atoms with Crippen LogP contribution in [0.25, 0.3) is 111 Å². The van der Waals surface area contributed by atoms with Crippen molar-refractivity contribution in [1.82, 2.24) is 9.13 Å². The topological polar surface area (TPSA) is 16.3 Å². The van der Waals surface area contributed by atoms with Crippen molar-refractivity contribution in [3.8, 4) is 67.0 Å². The molecular formula is C78H49BN4. The van der Waals surface area contributed by atoms with Gasteiger partial charge in [-0.05, 0) is 140 Å². The molecule has 5 heterocycles. The highest BCUT2D eigenvalue weighted by Gasteiger charge is 2.46. The van der Waals surface area contributed by atoms with E-state index in [0.29, 0.717) is 0 Å². The van der Waals surface area contributed by atoms with Crippen molar-refractivity contribution in [3.63, 3.8) is 0 Å². The summed E-state index contributed by atoms with van der Waals surface area (Å²) in [7, 11) is 0. The minimum atomic E-state index is -0.166. The van der Waals surface area contributed by atoms with Gasteiger partial charge in [-0.2, -0.15) is 0 Å². The zero-order chi connectivity index (χ0) is 54.3. The first kappa shape index (κ1) is 45.9. The molecule has 0 spiro atoms. The van der Waals surface area contributed by atoms with Crippen molar-refractivity contribution < 1.29 is 0 Å². The highest BCUT2D eigenvalue weighted by atomic mass is 15.2. The van der Waals surface area contributed by atoms with Gasteiger partial charge in [0.1, 0.15) is 0 Å². The second kappa shape index (κ2) is 17.8. The molecule has 3 aliphatic rings. The summed E-state index contributed by atoms with van der Waals surface area (Å²) in [6.45, 7) is -0.166. The predicted octanol–water partition coefficient (Wildman–Crippen LogP) is 18.6. The SMILES string of the molecule is c1ccc(-c2ccc(N3c4cc(-n5c6ccccc6c6ccccc65)ccc4B4c5cc(-c6ccccc6)cc6c5N(c5ccc(-c7ccccc7)cc5-c5ccccc5-6)c5cc(-n6c7ccccc7c7ccccc76)cc3c54)cc2)cc1. The molecule has 0 bridgehead atoms. The maximum Gasteiger partial charge on any atom is 0.252 e. The molecule has 0 atom stereocenters. The van der Waals surface area contributed by atoms with Crippen molar-refractivity contribution in [2.75, 3.05) is 9.80 Å². The molecule has 0 fully saturated rings. The van der Waals surface area contributed by atoms with E-state index in [2.05, 4.69) is 316 Å². The number of aromatic nitrogens is 2. The molecule has 0 radical (unpaired) electrons. The maximum atomic E-state index is 2.66. The third-order valence-electron chi connectivity index (χ3n) is 18.0. The fourth-order valence-corrected chi connectivity index (χ4v) is 14.4. The number of nitrogens with zero attached hydrogens (tertiary/aromatic N) is 4. The van der Waals surface area contributed by atoms with Crippen LogP contribution in [0.3, 0.4) is 0 Å². The molecule has 0 saturated carbocycles. The molecule has 83 heavy (non-hydrogen) atoms. The summed E-state index contributed by atoms with van der Waals surface area (Å²) < 4.78 is 4.98. The van der Waals surface area contributed by atoms with Crippen molar-refractivity contribution in [2.24, 2.45) is 0 Å². The summed E-state index contributed by atoms with van der Waals surface area (Å²) in [5, 5.41) is 4.94. The summed E-state index contributed by atoms with van der Waals surface area (Å²) in [5.74, 6) is 0. The molecule has 0 aliphatic carbocycles.